The molecule has 0 spiro atoms. The van der Waals surface area contributed by atoms with Gasteiger partial charge in [0, 0.05) is 11.4 Å². The van der Waals surface area contributed by atoms with E-state index in [2.05, 4.69) is 4.37 Å². The van der Waals surface area contributed by atoms with Crippen LogP contribution in [0.1, 0.15) is 16.5 Å². The van der Waals surface area contributed by atoms with E-state index in [-0.39, 0.29) is 6.54 Å². The van der Waals surface area contributed by atoms with Crippen molar-refractivity contribution in [1.82, 2.24) is 4.37 Å². The third kappa shape index (κ3) is 1.80. The standard InChI is InChI=1S/C7H10N2O2S/c1-4-2-6(12-9-4)5(3-8)7(10)11/h2,5H,3,8H2,1H3,(H,10,11). The average molecular weight is 186 g/mol. The Bertz CT molecular complexity index is 285. The van der Waals surface area contributed by atoms with Gasteiger partial charge in [0.25, 0.3) is 0 Å². The fourth-order valence-corrected chi connectivity index (χ4v) is 1.74. The van der Waals surface area contributed by atoms with E-state index in [4.69, 9.17) is 10.8 Å². The molecule has 0 saturated carbocycles. The molecule has 5 heteroatoms. The molecule has 66 valence electrons. The number of aryl methyl sites for hydroxylation is 1. The van der Waals surface area contributed by atoms with Gasteiger partial charge in [-0.05, 0) is 24.5 Å². The van der Waals surface area contributed by atoms with Crippen LogP contribution in [0.2, 0.25) is 0 Å². The highest BCUT2D eigenvalue weighted by Gasteiger charge is 2.19. The second-order valence-electron chi connectivity index (χ2n) is 2.50. The largest absolute Gasteiger partial charge is 0.481 e. The Morgan fingerprint density at radius 3 is 2.92 bits per heavy atom. The molecule has 12 heavy (non-hydrogen) atoms. The van der Waals surface area contributed by atoms with Crippen LogP contribution in [0.4, 0.5) is 0 Å². The van der Waals surface area contributed by atoms with Crippen LogP contribution in [0, 0.1) is 6.92 Å². The molecule has 3 N–H and O–H groups in total. The molecule has 0 amide bonds. The van der Waals surface area contributed by atoms with Crippen LogP contribution in [-0.2, 0) is 4.79 Å². The minimum Gasteiger partial charge on any atom is -0.481 e. The Kier molecular flexibility index (Phi) is 2.78. The summed E-state index contributed by atoms with van der Waals surface area (Å²) in [6.45, 7) is 1.95. The first-order chi connectivity index (χ1) is 5.65. The Labute approximate surface area is 74.2 Å². The molecule has 1 unspecified atom stereocenters. The van der Waals surface area contributed by atoms with Crippen LogP contribution < -0.4 is 5.73 Å². The van der Waals surface area contributed by atoms with Gasteiger partial charge in [0.2, 0.25) is 0 Å². The second-order valence-corrected chi connectivity index (χ2v) is 3.33. The number of aromatic nitrogens is 1. The molecule has 0 aromatic carbocycles. The normalized spacial score (nSPS) is 12.8. The van der Waals surface area contributed by atoms with E-state index in [1.165, 1.54) is 11.5 Å². The van der Waals surface area contributed by atoms with Gasteiger partial charge in [0.1, 0.15) is 5.92 Å². The number of hydrogen-bond donors (Lipinski definition) is 2. The second kappa shape index (κ2) is 3.64. The number of hydrogen-bond acceptors (Lipinski definition) is 4. The molecule has 0 aliphatic heterocycles. The van der Waals surface area contributed by atoms with E-state index >= 15 is 0 Å². The summed E-state index contributed by atoms with van der Waals surface area (Å²) in [5.41, 5.74) is 6.16. The molecule has 1 aromatic rings. The zero-order chi connectivity index (χ0) is 9.14. The quantitative estimate of drug-likeness (QED) is 0.724. The van der Waals surface area contributed by atoms with Crippen molar-refractivity contribution in [2.24, 2.45) is 5.73 Å². The zero-order valence-corrected chi connectivity index (χ0v) is 7.47. The lowest BCUT2D eigenvalue weighted by Gasteiger charge is -2.04. The first kappa shape index (κ1) is 9.15. The molecule has 0 aliphatic carbocycles. The molecule has 0 aliphatic rings. The summed E-state index contributed by atoms with van der Waals surface area (Å²) < 4.78 is 3.99. The molecule has 1 rings (SSSR count). The van der Waals surface area contributed by atoms with E-state index in [0.29, 0.717) is 0 Å². The first-order valence-electron chi connectivity index (χ1n) is 3.51. The van der Waals surface area contributed by atoms with Crippen LogP contribution in [0.5, 0.6) is 0 Å². The van der Waals surface area contributed by atoms with Crippen molar-refractivity contribution in [3.8, 4) is 0 Å². The minimum absolute atomic E-state index is 0.122. The van der Waals surface area contributed by atoms with Crippen molar-refractivity contribution >= 4 is 17.5 Å². The first-order valence-corrected chi connectivity index (χ1v) is 4.28. The molecule has 1 atom stereocenters. The van der Waals surface area contributed by atoms with Gasteiger partial charge in [-0.2, -0.15) is 4.37 Å². The number of aliphatic carboxylic acids is 1. The lowest BCUT2D eigenvalue weighted by Crippen LogP contribution is -2.19. The van der Waals surface area contributed by atoms with Crippen LogP contribution in [0.25, 0.3) is 0 Å². The summed E-state index contributed by atoms with van der Waals surface area (Å²) in [5.74, 6) is -1.49. The van der Waals surface area contributed by atoms with Crippen molar-refractivity contribution in [3.63, 3.8) is 0 Å². The molecule has 0 bridgehead atoms. The fourth-order valence-electron chi connectivity index (χ4n) is 0.886. The van der Waals surface area contributed by atoms with Gasteiger partial charge >= 0.3 is 5.97 Å². The number of rotatable bonds is 3. The summed E-state index contributed by atoms with van der Waals surface area (Å²) in [4.78, 5) is 11.4. The predicted octanol–water partition coefficient (Wildman–Crippen LogP) is 0.578. The molecule has 0 saturated heterocycles. The number of carboxylic acid groups (broad SMARTS) is 1. The van der Waals surface area contributed by atoms with Crippen LogP contribution in [-0.4, -0.2) is 22.0 Å². The van der Waals surface area contributed by atoms with Gasteiger partial charge in [-0.25, -0.2) is 0 Å². The maximum absolute atomic E-state index is 10.6. The molecule has 0 radical (unpaired) electrons. The zero-order valence-electron chi connectivity index (χ0n) is 6.65. The highest BCUT2D eigenvalue weighted by atomic mass is 32.1. The van der Waals surface area contributed by atoms with Gasteiger partial charge < -0.3 is 10.8 Å². The number of nitrogens with zero attached hydrogens (tertiary/aromatic N) is 1. The average Bonchev–Trinajstić information content (AvgIpc) is 2.37. The third-order valence-corrected chi connectivity index (χ3v) is 2.52. The SMILES string of the molecule is Cc1cc(C(CN)C(=O)O)sn1. The monoisotopic (exact) mass is 186 g/mol. The van der Waals surface area contributed by atoms with Gasteiger partial charge in [-0.15, -0.1) is 0 Å². The van der Waals surface area contributed by atoms with Crippen molar-refractivity contribution in [1.29, 1.82) is 0 Å². The maximum Gasteiger partial charge on any atom is 0.313 e. The highest BCUT2D eigenvalue weighted by molar-refractivity contribution is 7.06. The van der Waals surface area contributed by atoms with Gasteiger partial charge in [-0.1, -0.05) is 0 Å². The van der Waals surface area contributed by atoms with Crippen molar-refractivity contribution in [2.45, 2.75) is 12.8 Å². The summed E-state index contributed by atoms with van der Waals surface area (Å²) in [7, 11) is 0. The highest BCUT2D eigenvalue weighted by Crippen LogP contribution is 2.20. The molecule has 1 aromatic heterocycles. The smallest absolute Gasteiger partial charge is 0.313 e. The van der Waals surface area contributed by atoms with E-state index in [1.54, 1.807) is 6.07 Å². The Morgan fingerprint density at radius 1 is 1.92 bits per heavy atom. The number of nitrogens with two attached hydrogens (primary N) is 1. The Balaban J connectivity index is 2.87. The fraction of sp³-hybridized carbons (Fsp3) is 0.429. The summed E-state index contributed by atoms with van der Waals surface area (Å²) in [6.07, 6.45) is 0. The molecule has 0 fully saturated rings. The summed E-state index contributed by atoms with van der Waals surface area (Å²) >= 11 is 1.20. The Hall–Kier alpha value is -0.940. The summed E-state index contributed by atoms with van der Waals surface area (Å²) in [5, 5.41) is 8.73. The number of carbonyl (C=O) groups is 1. The van der Waals surface area contributed by atoms with Crippen molar-refractivity contribution < 1.29 is 9.90 Å². The molecular formula is C7H10N2O2S. The predicted molar refractivity (Wildman–Crippen MR) is 46.3 cm³/mol. The van der Waals surface area contributed by atoms with Gasteiger partial charge in [-0.3, -0.25) is 4.79 Å². The van der Waals surface area contributed by atoms with E-state index in [1.807, 2.05) is 6.92 Å². The van der Waals surface area contributed by atoms with Crippen molar-refractivity contribution in [3.05, 3.63) is 16.6 Å². The minimum atomic E-state index is -0.888. The van der Waals surface area contributed by atoms with E-state index in [0.717, 1.165) is 10.6 Å². The van der Waals surface area contributed by atoms with Crippen LogP contribution >= 0.6 is 11.5 Å². The van der Waals surface area contributed by atoms with E-state index in [9.17, 15) is 4.79 Å². The summed E-state index contributed by atoms with van der Waals surface area (Å²) in [6, 6.07) is 1.76. The third-order valence-electron chi connectivity index (χ3n) is 1.52. The molecular weight excluding hydrogens is 176 g/mol. The lowest BCUT2D eigenvalue weighted by atomic mass is 10.1. The van der Waals surface area contributed by atoms with Crippen molar-refractivity contribution in [2.75, 3.05) is 6.54 Å². The van der Waals surface area contributed by atoms with Crippen LogP contribution in [0.15, 0.2) is 6.07 Å². The molecule has 4 nitrogen and oxygen atoms in total. The lowest BCUT2D eigenvalue weighted by molar-refractivity contribution is -0.138. The maximum atomic E-state index is 10.6. The van der Waals surface area contributed by atoms with E-state index < -0.39 is 11.9 Å². The van der Waals surface area contributed by atoms with Gasteiger partial charge in [0.15, 0.2) is 0 Å². The van der Waals surface area contributed by atoms with Gasteiger partial charge in [0.05, 0.1) is 5.69 Å². The molecule has 1 heterocycles. The van der Waals surface area contributed by atoms with Crippen LogP contribution in [0.3, 0.4) is 0 Å². The Morgan fingerprint density at radius 2 is 2.58 bits per heavy atom. The topological polar surface area (TPSA) is 76.2 Å². The number of carboxylic acids is 1.